The second kappa shape index (κ2) is 7.39. The molecule has 1 atom stereocenters. The summed E-state index contributed by atoms with van der Waals surface area (Å²) in [6.45, 7) is 2.93. The summed E-state index contributed by atoms with van der Waals surface area (Å²) in [4.78, 5) is 11.7. The van der Waals surface area contributed by atoms with Crippen LogP contribution in [-0.4, -0.2) is 44.3 Å². The Kier molecular flexibility index (Phi) is 6.13. The third kappa shape index (κ3) is 5.78. The molecule has 0 saturated carbocycles. The second-order valence-electron chi connectivity index (χ2n) is 3.20. The summed E-state index contributed by atoms with van der Waals surface area (Å²) in [6.07, 6.45) is 2.45. The van der Waals surface area contributed by atoms with E-state index in [0.717, 1.165) is 6.42 Å². The SMILES string of the molecule is CCOc1nc(Cl)nc(NCCCS(C)=O)n1. The molecule has 0 aliphatic carbocycles. The largest absolute Gasteiger partial charge is 0.464 e. The van der Waals surface area contributed by atoms with Gasteiger partial charge in [0.1, 0.15) is 0 Å². The van der Waals surface area contributed by atoms with Gasteiger partial charge in [-0.3, -0.25) is 4.21 Å². The van der Waals surface area contributed by atoms with Crippen molar-refractivity contribution in [3.8, 4) is 6.01 Å². The number of hydrogen-bond acceptors (Lipinski definition) is 6. The Balaban J connectivity index is 2.49. The van der Waals surface area contributed by atoms with Crippen molar-refractivity contribution in [2.45, 2.75) is 13.3 Å². The number of rotatable bonds is 7. The van der Waals surface area contributed by atoms with E-state index in [1.807, 2.05) is 6.92 Å². The summed E-state index contributed by atoms with van der Waals surface area (Å²) in [5.41, 5.74) is 0. The fourth-order valence-electron chi connectivity index (χ4n) is 1.08. The molecule has 1 rings (SSSR count). The van der Waals surface area contributed by atoms with Crippen LogP contribution in [-0.2, 0) is 10.8 Å². The first-order chi connectivity index (χ1) is 8.11. The van der Waals surface area contributed by atoms with Crippen molar-refractivity contribution in [3.63, 3.8) is 0 Å². The highest BCUT2D eigenvalue weighted by molar-refractivity contribution is 7.84. The van der Waals surface area contributed by atoms with Gasteiger partial charge >= 0.3 is 6.01 Å². The maximum atomic E-state index is 10.8. The molecule has 1 unspecified atom stereocenters. The van der Waals surface area contributed by atoms with Gasteiger partial charge in [0, 0.05) is 29.4 Å². The molecule has 0 fully saturated rings. The van der Waals surface area contributed by atoms with Crippen LogP contribution < -0.4 is 10.1 Å². The minimum absolute atomic E-state index is 0.0880. The molecule has 0 bridgehead atoms. The Morgan fingerprint density at radius 1 is 1.41 bits per heavy atom. The Morgan fingerprint density at radius 3 is 2.82 bits per heavy atom. The van der Waals surface area contributed by atoms with Crippen molar-refractivity contribution in [2.75, 3.05) is 30.5 Å². The smallest absolute Gasteiger partial charge is 0.322 e. The third-order valence-corrected chi connectivity index (χ3v) is 2.79. The quantitative estimate of drug-likeness (QED) is 0.753. The van der Waals surface area contributed by atoms with Crippen molar-refractivity contribution < 1.29 is 8.95 Å². The lowest BCUT2D eigenvalue weighted by Crippen LogP contribution is -2.10. The van der Waals surface area contributed by atoms with E-state index in [4.69, 9.17) is 16.3 Å². The van der Waals surface area contributed by atoms with E-state index in [9.17, 15) is 4.21 Å². The maximum absolute atomic E-state index is 10.8. The van der Waals surface area contributed by atoms with Gasteiger partial charge < -0.3 is 10.1 Å². The van der Waals surface area contributed by atoms with Gasteiger partial charge in [-0.1, -0.05) is 0 Å². The lowest BCUT2D eigenvalue weighted by atomic mass is 10.5. The molecule has 1 N–H and O–H groups in total. The molecule has 0 radical (unpaired) electrons. The maximum Gasteiger partial charge on any atom is 0.322 e. The first kappa shape index (κ1) is 14.1. The summed E-state index contributed by atoms with van der Waals surface area (Å²) >= 11 is 5.72. The van der Waals surface area contributed by atoms with Crippen LogP contribution in [0.5, 0.6) is 6.01 Å². The molecule has 0 saturated heterocycles. The molecule has 0 aliphatic heterocycles. The second-order valence-corrected chi connectivity index (χ2v) is 5.09. The predicted molar refractivity (Wildman–Crippen MR) is 68.0 cm³/mol. The standard InChI is InChI=1S/C9H15ClN4O2S/c1-3-16-9-13-7(10)12-8(14-9)11-5-4-6-17(2)15/h3-6H2,1-2H3,(H,11,12,13,14). The Bertz CT molecular complexity index is 391. The van der Waals surface area contributed by atoms with Crippen LogP contribution in [0.1, 0.15) is 13.3 Å². The monoisotopic (exact) mass is 278 g/mol. The first-order valence-electron chi connectivity index (χ1n) is 5.20. The van der Waals surface area contributed by atoms with Gasteiger partial charge in [-0.25, -0.2) is 0 Å². The molecule has 6 nitrogen and oxygen atoms in total. The average molecular weight is 279 g/mol. The van der Waals surface area contributed by atoms with E-state index < -0.39 is 10.8 Å². The van der Waals surface area contributed by atoms with E-state index >= 15 is 0 Å². The van der Waals surface area contributed by atoms with Gasteiger partial charge in [0.05, 0.1) is 6.61 Å². The summed E-state index contributed by atoms with van der Waals surface area (Å²) < 4.78 is 16.0. The van der Waals surface area contributed by atoms with Crippen molar-refractivity contribution >= 4 is 28.3 Å². The topological polar surface area (TPSA) is 77.0 Å². The lowest BCUT2D eigenvalue weighted by Gasteiger charge is -2.06. The molecular formula is C9H15ClN4O2S. The summed E-state index contributed by atoms with van der Waals surface area (Å²) in [6, 6.07) is 0.203. The van der Waals surface area contributed by atoms with Crippen molar-refractivity contribution in [1.82, 2.24) is 15.0 Å². The normalized spacial score (nSPS) is 12.2. The molecule has 0 amide bonds. The summed E-state index contributed by atoms with van der Waals surface area (Å²) in [7, 11) is -0.779. The molecule has 0 aliphatic rings. The highest BCUT2D eigenvalue weighted by Crippen LogP contribution is 2.11. The van der Waals surface area contributed by atoms with E-state index in [1.54, 1.807) is 6.26 Å². The number of anilines is 1. The number of ether oxygens (including phenoxy) is 1. The van der Waals surface area contributed by atoms with Crippen molar-refractivity contribution in [3.05, 3.63) is 5.28 Å². The molecule has 1 aromatic heterocycles. The molecule has 8 heteroatoms. The van der Waals surface area contributed by atoms with Gasteiger partial charge in [-0.2, -0.15) is 15.0 Å². The molecule has 96 valence electrons. The van der Waals surface area contributed by atoms with E-state index in [1.165, 1.54) is 0 Å². The highest BCUT2D eigenvalue weighted by Gasteiger charge is 2.04. The van der Waals surface area contributed by atoms with Gasteiger partial charge in [0.25, 0.3) is 0 Å². The first-order valence-corrected chi connectivity index (χ1v) is 7.30. The molecule has 1 aromatic rings. The lowest BCUT2D eigenvalue weighted by molar-refractivity contribution is 0.312. The van der Waals surface area contributed by atoms with Crippen LogP contribution >= 0.6 is 11.6 Å². The van der Waals surface area contributed by atoms with Gasteiger partial charge in [-0.15, -0.1) is 0 Å². The molecule has 0 aromatic carbocycles. The molecule has 0 spiro atoms. The Morgan fingerprint density at radius 2 is 2.18 bits per heavy atom. The zero-order valence-corrected chi connectivity index (χ0v) is 11.3. The fourth-order valence-corrected chi connectivity index (χ4v) is 1.78. The summed E-state index contributed by atoms with van der Waals surface area (Å²) in [5, 5.41) is 3.07. The van der Waals surface area contributed by atoms with Crippen molar-refractivity contribution in [1.29, 1.82) is 0 Å². The Labute approximate surface area is 108 Å². The molecule has 1 heterocycles. The van der Waals surface area contributed by atoms with Crippen LogP contribution in [0.4, 0.5) is 5.95 Å². The number of nitrogens with one attached hydrogen (secondary N) is 1. The van der Waals surface area contributed by atoms with Gasteiger partial charge in [-0.05, 0) is 24.9 Å². The Hall–Kier alpha value is -0.950. The van der Waals surface area contributed by atoms with Crippen LogP contribution in [0.15, 0.2) is 0 Å². The number of nitrogens with zero attached hydrogens (tertiary/aromatic N) is 3. The zero-order chi connectivity index (χ0) is 12.7. The van der Waals surface area contributed by atoms with Crippen molar-refractivity contribution in [2.24, 2.45) is 0 Å². The van der Waals surface area contributed by atoms with Gasteiger partial charge in [0.2, 0.25) is 11.2 Å². The highest BCUT2D eigenvalue weighted by atomic mass is 35.5. The molecular weight excluding hydrogens is 264 g/mol. The van der Waals surface area contributed by atoms with Gasteiger partial charge in [0.15, 0.2) is 0 Å². The third-order valence-electron chi connectivity index (χ3n) is 1.75. The van der Waals surface area contributed by atoms with Crippen LogP contribution in [0.25, 0.3) is 0 Å². The van der Waals surface area contributed by atoms with E-state index in [0.29, 0.717) is 24.9 Å². The fraction of sp³-hybridized carbons (Fsp3) is 0.667. The van der Waals surface area contributed by atoms with E-state index in [2.05, 4.69) is 20.3 Å². The zero-order valence-electron chi connectivity index (χ0n) is 9.77. The predicted octanol–water partition coefficient (Wildman–Crippen LogP) is 1.10. The van der Waals surface area contributed by atoms with Crippen LogP contribution in [0, 0.1) is 0 Å². The van der Waals surface area contributed by atoms with E-state index in [-0.39, 0.29) is 11.3 Å². The van der Waals surface area contributed by atoms with Crippen LogP contribution in [0.3, 0.4) is 0 Å². The number of halogens is 1. The molecule has 17 heavy (non-hydrogen) atoms. The number of hydrogen-bond donors (Lipinski definition) is 1. The minimum atomic E-state index is -0.779. The summed E-state index contributed by atoms with van der Waals surface area (Å²) in [5.74, 6) is 1.01. The number of aromatic nitrogens is 3. The van der Waals surface area contributed by atoms with Crippen LogP contribution in [0.2, 0.25) is 5.28 Å². The minimum Gasteiger partial charge on any atom is -0.464 e. The average Bonchev–Trinajstić information content (AvgIpc) is 2.24.